The van der Waals surface area contributed by atoms with Gasteiger partial charge >= 0.3 is 0 Å². The number of ether oxygens (including phenoxy) is 2. The molecule has 9 heteroatoms. The van der Waals surface area contributed by atoms with Crippen LogP contribution in [-0.2, 0) is 14.3 Å². The molecule has 0 aliphatic carbocycles. The Morgan fingerprint density at radius 1 is 0.603 bits per heavy atom. The van der Waals surface area contributed by atoms with Crippen LogP contribution in [0, 0.1) is 142 Å². The highest BCUT2D eigenvalue weighted by Gasteiger charge is 2.44. The predicted molar refractivity (Wildman–Crippen MR) is 221 cm³/mol. The third-order valence-electron chi connectivity index (χ3n) is 7.99. The lowest BCUT2D eigenvalue weighted by atomic mass is 9.99. The maximum atomic E-state index is 15.5. The summed E-state index contributed by atoms with van der Waals surface area (Å²) in [6, 6.07) is -1.18. The second-order valence-electron chi connectivity index (χ2n) is 12.4. The molecule has 1 amide bonds. The quantitative estimate of drug-likeness (QED) is 0.101. The summed E-state index contributed by atoms with van der Waals surface area (Å²) in [6.07, 6.45) is 4.52. The van der Waals surface area contributed by atoms with Crippen LogP contribution >= 0.6 is 0 Å². The van der Waals surface area contributed by atoms with Crippen molar-refractivity contribution >= 4 is 5.91 Å². The van der Waals surface area contributed by atoms with E-state index < -0.39 is 62.0 Å². The van der Waals surface area contributed by atoms with E-state index in [1.807, 2.05) is 0 Å². The van der Waals surface area contributed by atoms with Crippen LogP contribution in [0.3, 0.4) is 0 Å². The molecule has 0 aromatic carbocycles. The number of alkyl halides is 1. The maximum absolute atomic E-state index is 15.5. The van der Waals surface area contributed by atoms with Crippen LogP contribution in [0.15, 0.2) is 0 Å². The van der Waals surface area contributed by atoms with E-state index in [2.05, 4.69) is 154 Å². The van der Waals surface area contributed by atoms with E-state index in [4.69, 9.17) is 9.47 Å². The van der Waals surface area contributed by atoms with Gasteiger partial charge in [0.1, 0.15) is 30.6 Å². The standard InChI is InChI=1S/C49H48FNO7/c1-3-5-7-9-11-13-15-17-18-19-20-21-22-23-24-25-26-27-29-31-33-35-37-39-45(53)51-43(41-57-49-48(56)47(55)46(54)44(40-52)58-49)42(50)38-36-34-32-30-28-16-14-12-10-8-6-4-2/h42-44,46-49,52,54-56H,4,6,8,10,12,14,16,28,30,32,34,36,38,40-41H2,1-2H3,(H,51,53)/t42-,43+,44?,46+,47+,48?,49-/m1/s1. The minimum Gasteiger partial charge on any atom is -0.394 e. The number of hydrogen-bond acceptors (Lipinski definition) is 7. The minimum absolute atomic E-state index is 0.144. The number of halogens is 1. The van der Waals surface area contributed by atoms with Gasteiger partial charge in [-0.15, -0.1) is 0 Å². The molecule has 1 saturated heterocycles. The van der Waals surface area contributed by atoms with E-state index in [0.29, 0.717) is 6.42 Å². The van der Waals surface area contributed by atoms with Crippen molar-refractivity contribution in [2.75, 3.05) is 13.2 Å². The molecule has 0 radical (unpaired) electrons. The SMILES string of the molecule is CC#CC#CC#CC#CC#CC#CC#CC#CC#CC#CC#CC#CC(=O)N[C@@H](CO[C@@H]1OC(CO)[C@H](O)[C@H](O)C1O)[C@H](F)CCCCCCCCCCCCCC. The fourth-order valence-corrected chi connectivity index (χ4v) is 5.00. The first-order chi connectivity index (χ1) is 28.3. The van der Waals surface area contributed by atoms with E-state index in [1.165, 1.54) is 44.9 Å². The van der Waals surface area contributed by atoms with Crippen molar-refractivity contribution < 1.29 is 39.1 Å². The van der Waals surface area contributed by atoms with E-state index in [-0.39, 0.29) is 6.42 Å². The fraction of sp³-hybridized carbons (Fsp3) is 0.490. The summed E-state index contributed by atoms with van der Waals surface area (Å²) >= 11 is 0. The lowest BCUT2D eigenvalue weighted by Gasteiger charge is -2.40. The van der Waals surface area contributed by atoms with Crippen LogP contribution in [0.4, 0.5) is 4.39 Å². The molecule has 1 rings (SSSR count). The van der Waals surface area contributed by atoms with Crippen LogP contribution in [0.25, 0.3) is 0 Å². The third-order valence-corrected chi connectivity index (χ3v) is 7.99. The van der Waals surface area contributed by atoms with Gasteiger partial charge in [-0.2, -0.15) is 0 Å². The topological polar surface area (TPSA) is 128 Å². The molecule has 1 aliphatic heterocycles. The van der Waals surface area contributed by atoms with Crippen molar-refractivity contribution in [3.63, 3.8) is 0 Å². The van der Waals surface area contributed by atoms with Crippen molar-refractivity contribution in [3.8, 4) is 142 Å². The van der Waals surface area contributed by atoms with E-state index >= 15 is 4.39 Å². The fourth-order valence-electron chi connectivity index (χ4n) is 5.00. The molecule has 0 aromatic rings. The lowest BCUT2D eigenvalue weighted by Crippen LogP contribution is -2.59. The highest BCUT2D eigenvalue weighted by Crippen LogP contribution is 2.23. The van der Waals surface area contributed by atoms with Gasteiger partial charge < -0.3 is 35.2 Å². The van der Waals surface area contributed by atoms with Gasteiger partial charge in [0.2, 0.25) is 0 Å². The van der Waals surface area contributed by atoms with Gasteiger partial charge in [0, 0.05) is 41.4 Å². The molecule has 1 fully saturated rings. The molecule has 298 valence electrons. The predicted octanol–water partition coefficient (Wildman–Crippen LogP) is 2.78. The molecule has 0 spiro atoms. The average molecular weight is 782 g/mol. The Morgan fingerprint density at radius 3 is 1.41 bits per heavy atom. The molecular weight excluding hydrogens is 734 g/mol. The van der Waals surface area contributed by atoms with Gasteiger partial charge in [-0.05, 0) is 108 Å². The molecule has 0 bridgehead atoms. The van der Waals surface area contributed by atoms with Gasteiger partial charge in [0.05, 0.1) is 19.3 Å². The Kier molecular flexibility index (Phi) is 30.4. The number of amides is 1. The summed E-state index contributed by atoms with van der Waals surface area (Å²) in [4.78, 5) is 12.6. The Hall–Kier alpha value is -6.12. The number of rotatable bonds is 19. The molecule has 2 unspecified atom stereocenters. The zero-order chi connectivity index (χ0) is 42.3. The molecule has 5 N–H and O–H groups in total. The molecule has 8 nitrogen and oxygen atoms in total. The Balaban J connectivity index is 2.68. The highest BCUT2D eigenvalue weighted by atomic mass is 19.1. The van der Waals surface area contributed by atoms with Gasteiger partial charge in [0.15, 0.2) is 6.29 Å². The van der Waals surface area contributed by atoms with Gasteiger partial charge in [0.25, 0.3) is 5.91 Å². The van der Waals surface area contributed by atoms with Crippen molar-refractivity contribution in [2.24, 2.45) is 0 Å². The number of aliphatic hydroxyl groups excluding tert-OH is 4. The number of aliphatic hydroxyl groups is 4. The number of nitrogens with one attached hydrogen (secondary N) is 1. The van der Waals surface area contributed by atoms with E-state index in [0.717, 1.165) is 25.7 Å². The first-order valence-electron chi connectivity index (χ1n) is 19.1. The van der Waals surface area contributed by atoms with Crippen LogP contribution < -0.4 is 5.32 Å². The molecule has 0 saturated carbocycles. The number of carbonyl (C=O) groups excluding carboxylic acids is 1. The first-order valence-corrected chi connectivity index (χ1v) is 19.1. The summed E-state index contributed by atoms with van der Waals surface area (Å²) < 4.78 is 26.4. The monoisotopic (exact) mass is 781 g/mol. The average Bonchev–Trinajstić information content (AvgIpc) is 3.22. The van der Waals surface area contributed by atoms with Crippen molar-refractivity contribution in [2.45, 2.75) is 140 Å². The number of unbranched alkanes of at least 4 members (excludes halogenated alkanes) is 11. The van der Waals surface area contributed by atoms with Crippen LogP contribution in [0.2, 0.25) is 0 Å². The van der Waals surface area contributed by atoms with Gasteiger partial charge in [-0.3, -0.25) is 4.79 Å². The minimum atomic E-state index is -1.67. The van der Waals surface area contributed by atoms with Gasteiger partial charge in [-0.25, -0.2) is 4.39 Å². The Morgan fingerprint density at radius 2 is 1.00 bits per heavy atom. The highest BCUT2D eigenvalue weighted by molar-refractivity contribution is 5.94. The zero-order valence-corrected chi connectivity index (χ0v) is 33.0. The van der Waals surface area contributed by atoms with Crippen LogP contribution in [0.1, 0.15) is 97.3 Å². The summed E-state index contributed by atoms with van der Waals surface area (Å²) in [7, 11) is 0. The summed E-state index contributed by atoms with van der Waals surface area (Å²) in [5, 5.41) is 42.4. The summed E-state index contributed by atoms with van der Waals surface area (Å²) in [5.74, 6) is 58.5. The zero-order valence-electron chi connectivity index (χ0n) is 33.0. The molecule has 1 heterocycles. The van der Waals surface area contributed by atoms with E-state index in [9.17, 15) is 25.2 Å². The normalized spacial score (nSPS) is 17.4. The maximum Gasteiger partial charge on any atom is 0.297 e. The Bertz CT molecular complexity index is 2090. The first kappa shape index (κ1) is 49.9. The van der Waals surface area contributed by atoms with Crippen LogP contribution in [0.5, 0.6) is 0 Å². The van der Waals surface area contributed by atoms with Crippen molar-refractivity contribution in [1.82, 2.24) is 5.32 Å². The molecule has 7 atom stereocenters. The van der Waals surface area contributed by atoms with Crippen LogP contribution in [-0.4, -0.2) is 82.5 Å². The molecule has 1 aliphatic rings. The van der Waals surface area contributed by atoms with Crippen molar-refractivity contribution in [3.05, 3.63) is 0 Å². The third kappa shape index (κ3) is 25.9. The lowest BCUT2D eigenvalue weighted by molar-refractivity contribution is -0.302. The van der Waals surface area contributed by atoms with Gasteiger partial charge in [-0.1, -0.05) is 89.9 Å². The number of carbonyl (C=O) groups is 1. The number of hydrogen-bond donors (Lipinski definition) is 5. The molecule has 58 heavy (non-hydrogen) atoms. The van der Waals surface area contributed by atoms with E-state index in [1.54, 1.807) is 6.92 Å². The molecular formula is C49H48FNO7. The summed E-state index contributed by atoms with van der Waals surface area (Å²) in [5.41, 5.74) is 0. The molecule has 0 aromatic heterocycles. The smallest absolute Gasteiger partial charge is 0.297 e. The second kappa shape index (κ2) is 35.3. The second-order valence-corrected chi connectivity index (χ2v) is 12.4. The Labute approximate surface area is 345 Å². The largest absolute Gasteiger partial charge is 0.394 e. The van der Waals surface area contributed by atoms with Crippen molar-refractivity contribution in [1.29, 1.82) is 0 Å². The summed E-state index contributed by atoms with van der Waals surface area (Å²) in [6.45, 7) is 2.80.